The van der Waals surface area contributed by atoms with Crippen molar-refractivity contribution in [3.8, 4) is 0 Å². The Morgan fingerprint density at radius 3 is 1.53 bits per heavy atom. The topological polar surface area (TPSA) is 26.3 Å². The summed E-state index contributed by atoms with van der Waals surface area (Å²) in [4.78, 5) is 0. The maximum Gasteiger partial charge on any atom is 0.138 e. The van der Waals surface area contributed by atoms with E-state index >= 15 is 0 Å². The fourth-order valence-electron chi connectivity index (χ4n) is 4.08. The molecule has 0 radical (unpaired) electrons. The van der Waals surface area contributed by atoms with E-state index in [2.05, 4.69) is 74.5 Å². The summed E-state index contributed by atoms with van der Waals surface area (Å²) in [6.45, 7) is 20.3. The molecule has 2 nitrogen and oxygen atoms in total. The van der Waals surface area contributed by atoms with Crippen molar-refractivity contribution in [3.05, 3.63) is 96.1 Å². The number of rotatable bonds is 2. The Labute approximate surface area is 230 Å². The van der Waals surface area contributed by atoms with Crippen molar-refractivity contribution in [1.29, 1.82) is 0 Å². The largest absolute Gasteiger partial charge is 0.456 e. The quantitative estimate of drug-likeness (QED) is 0.230. The molecule has 4 aromatic carbocycles. The molecule has 0 atom stereocenters. The highest BCUT2D eigenvalue weighted by Gasteiger charge is 2.08. The fraction of sp³-hybridized carbons (Fsp3) is 0.333. The third-order valence-corrected chi connectivity index (χ3v) is 5.72. The molecule has 0 spiro atoms. The first-order chi connectivity index (χ1) is 18.8. The van der Waals surface area contributed by atoms with Gasteiger partial charge in [-0.3, -0.25) is 0 Å². The number of hydrogen-bond acceptors (Lipinski definition) is 2. The minimum atomic E-state index is 0.973. The van der Waals surface area contributed by atoms with Crippen molar-refractivity contribution < 1.29 is 8.83 Å². The van der Waals surface area contributed by atoms with Crippen LogP contribution in [0.25, 0.3) is 43.9 Å². The van der Waals surface area contributed by atoms with Crippen molar-refractivity contribution in [2.24, 2.45) is 0 Å². The first kappa shape index (κ1) is 32.5. The van der Waals surface area contributed by atoms with Gasteiger partial charge in [0.2, 0.25) is 0 Å². The Balaban J connectivity index is 0.000000302. The summed E-state index contributed by atoms with van der Waals surface area (Å²) >= 11 is 0. The molecule has 204 valence electrons. The van der Waals surface area contributed by atoms with Gasteiger partial charge in [-0.15, -0.1) is 0 Å². The Morgan fingerprint density at radius 2 is 0.947 bits per heavy atom. The predicted octanol–water partition coefficient (Wildman–Crippen LogP) is 12.4. The molecular weight excluding hydrogens is 464 g/mol. The van der Waals surface area contributed by atoms with Crippen LogP contribution in [0.1, 0.15) is 80.4 Å². The average molecular weight is 513 g/mol. The second kappa shape index (κ2) is 17.9. The number of hydrogen-bond donors (Lipinski definition) is 0. The van der Waals surface area contributed by atoms with Crippen LogP contribution in [0, 0.1) is 0 Å². The molecule has 0 aliphatic rings. The van der Waals surface area contributed by atoms with Gasteiger partial charge < -0.3 is 8.83 Å². The third-order valence-electron chi connectivity index (χ3n) is 5.72. The van der Waals surface area contributed by atoms with Crippen LogP contribution in [-0.2, 0) is 12.8 Å². The Hall–Kier alpha value is -3.52. The molecule has 0 aliphatic heterocycles. The summed E-state index contributed by atoms with van der Waals surface area (Å²) in [6.07, 6.45) is 2.08. The molecule has 38 heavy (non-hydrogen) atoms. The van der Waals surface area contributed by atoms with Crippen LogP contribution in [-0.4, -0.2) is 0 Å². The van der Waals surface area contributed by atoms with E-state index in [0.29, 0.717) is 0 Å². The van der Waals surface area contributed by atoms with E-state index in [0.717, 1.165) is 35.2 Å². The van der Waals surface area contributed by atoms with Crippen LogP contribution in [0.2, 0.25) is 0 Å². The van der Waals surface area contributed by atoms with Crippen molar-refractivity contribution in [2.45, 2.75) is 82.1 Å². The lowest BCUT2D eigenvalue weighted by atomic mass is 10.1. The molecule has 2 heterocycles. The second-order valence-corrected chi connectivity index (χ2v) is 7.53. The maximum absolute atomic E-state index is 5.87. The predicted molar refractivity (Wildman–Crippen MR) is 172 cm³/mol. The standard InChI is InChI=1S/2C14H12O.4C2H6/c1-2-10-6-5-8-12-11-7-3-4-9-13(11)15-14(10)12;1-2-10-7-8-14-12(9-10)11-5-3-4-6-13(11)15-14;4*1-2/h2*3-9H,2H2,1H3;4*1-2H3. The van der Waals surface area contributed by atoms with Crippen LogP contribution in [0.3, 0.4) is 0 Å². The summed E-state index contributed by atoms with van der Waals surface area (Å²) in [7, 11) is 0. The minimum absolute atomic E-state index is 0.973. The maximum atomic E-state index is 5.87. The van der Waals surface area contributed by atoms with E-state index in [9.17, 15) is 0 Å². The van der Waals surface area contributed by atoms with Gasteiger partial charge in [0.1, 0.15) is 22.3 Å². The molecule has 0 bridgehead atoms. The van der Waals surface area contributed by atoms with Crippen LogP contribution < -0.4 is 0 Å². The number of furan rings is 2. The van der Waals surface area contributed by atoms with Crippen LogP contribution in [0.15, 0.2) is 93.8 Å². The SMILES string of the molecule is CC.CC.CC.CC.CCc1ccc2oc3ccccc3c2c1.CCc1cccc2c1oc1ccccc12. The van der Waals surface area contributed by atoms with Crippen molar-refractivity contribution in [1.82, 2.24) is 0 Å². The zero-order valence-electron chi connectivity index (χ0n) is 25.3. The van der Waals surface area contributed by atoms with Gasteiger partial charge in [-0.05, 0) is 48.2 Å². The zero-order chi connectivity index (χ0) is 28.5. The second-order valence-electron chi connectivity index (χ2n) is 7.53. The first-order valence-corrected chi connectivity index (χ1v) is 14.6. The lowest BCUT2D eigenvalue weighted by Gasteiger charge is -1.95. The van der Waals surface area contributed by atoms with E-state index in [-0.39, 0.29) is 0 Å². The highest BCUT2D eigenvalue weighted by atomic mass is 16.3. The Kier molecular flexibility index (Phi) is 15.3. The summed E-state index contributed by atoms with van der Waals surface area (Å²) < 4.78 is 11.6. The summed E-state index contributed by atoms with van der Waals surface area (Å²) in [5, 5.41) is 4.88. The van der Waals surface area contributed by atoms with Gasteiger partial charge in [0.25, 0.3) is 0 Å². The molecular formula is C36H48O2. The molecule has 6 rings (SSSR count). The van der Waals surface area contributed by atoms with Gasteiger partial charge >= 0.3 is 0 Å². The van der Waals surface area contributed by atoms with E-state index < -0.39 is 0 Å². The highest BCUT2D eigenvalue weighted by Crippen LogP contribution is 2.31. The van der Waals surface area contributed by atoms with Gasteiger partial charge in [-0.25, -0.2) is 0 Å². The fourth-order valence-corrected chi connectivity index (χ4v) is 4.08. The van der Waals surface area contributed by atoms with Gasteiger partial charge in [0.05, 0.1) is 0 Å². The zero-order valence-corrected chi connectivity index (χ0v) is 25.3. The van der Waals surface area contributed by atoms with Crippen molar-refractivity contribution in [2.75, 3.05) is 0 Å². The molecule has 0 amide bonds. The molecule has 6 aromatic rings. The number of fused-ring (bicyclic) bond motifs is 6. The molecule has 2 heteroatoms. The van der Waals surface area contributed by atoms with Gasteiger partial charge in [-0.2, -0.15) is 0 Å². The van der Waals surface area contributed by atoms with E-state index in [1.807, 2.05) is 79.7 Å². The summed E-state index contributed by atoms with van der Waals surface area (Å²) in [5.74, 6) is 0. The Bertz CT molecular complexity index is 1460. The third kappa shape index (κ3) is 7.51. The lowest BCUT2D eigenvalue weighted by Crippen LogP contribution is -1.78. The number of para-hydroxylation sites is 3. The smallest absolute Gasteiger partial charge is 0.138 e. The van der Waals surface area contributed by atoms with E-state index in [4.69, 9.17) is 8.83 Å². The molecule has 0 saturated carbocycles. The van der Waals surface area contributed by atoms with Gasteiger partial charge in [-0.1, -0.05) is 130 Å². The van der Waals surface area contributed by atoms with Crippen LogP contribution in [0.4, 0.5) is 0 Å². The first-order valence-electron chi connectivity index (χ1n) is 14.6. The van der Waals surface area contributed by atoms with Gasteiger partial charge in [0, 0.05) is 21.5 Å². The molecule has 0 N–H and O–H groups in total. The van der Waals surface area contributed by atoms with Crippen LogP contribution in [0.5, 0.6) is 0 Å². The molecule has 0 saturated heterocycles. The number of aryl methyl sites for hydroxylation is 2. The van der Waals surface area contributed by atoms with E-state index in [1.54, 1.807) is 0 Å². The van der Waals surface area contributed by atoms with Crippen molar-refractivity contribution in [3.63, 3.8) is 0 Å². The van der Waals surface area contributed by atoms with Crippen LogP contribution >= 0.6 is 0 Å². The van der Waals surface area contributed by atoms with Crippen molar-refractivity contribution >= 4 is 43.9 Å². The molecule has 0 aliphatic carbocycles. The monoisotopic (exact) mass is 512 g/mol. The summed E-state index contributed by atoms with van der Waals surface area (Å²) in [6, 6.07) is 29.2. The summed E-state index contributed by atoms with van der Waals surface area (Å²) in [5.41, 5.74) is 6.61. The normalized spacial score (nSPS) is 9.53. The highest BCUT2D eigenvalue weighted by molar-refractivity contribution is 6.06. The minimum Gasteiger partial charge on any atom is -0.456 e. The number of benzene rings is 4. The molecule has 0 fully saturated rings. The average Bonchev–Trinajstić information content (AvgIpc) is 3.59. The van der Waals surface area contributed by atoms with Gasteiger partial charge in [0.15, 0.2) is 0 Å². The lowest BCUT2D eigenvalue weighted by molar-refractivity contribution is 0.663. The molecule has 2 aromatic heterocycles. The molecule has 0 unspecified atom stereocenters. The Morgan fingerprint density at radius 1 is 0.447 bits per heavy atom. The van der Waals surface area contributed by atoms with E-state index in [1.165, 1.54) is 32.7 Å².